The third-order valence-electron chi connectivity index (χ3n) is 4.72. The fraction of sp³-hybridized carbons (Fsp3) is 0.611. The molecular weight excluding hydrogens is 361 g/mol. The van der Waals surface area contributed by atoms with Crippen molar-refractivity contribution in [3.8, 4) is 5.75 Å². The largest absolute Gasteiger partial charge is 0.491 e. The number of halogens is 2. The van der Waals surface area contributed by atoms with Gasteiger partial charge in [-0.25, -0.2) is 0 Å². The number of nitrogens with one attached hydrogen (secondary N) is 1. The van der Waals surface area contributed by atoms with Gasteiger partial charge in [0.25, 0.3) is 5.91 Å². The summed E-state index contributed by atoms with van der Waals surface area (Å²) in [6, 6.07) is 8.65. The first-order chi connectivity index (χ1) is 11.1. The van der Waals surface area contributed by atoms with Crippen LogP contribution in [0, 0.1) is 0 Å². The van der Waals surface area contributed by atoms with E-state index in [0.717, 1.165) is 26.1 Å². The zero-order valence-corrected chi connectivity index (χ0v) is 16.6. The highest BCUT2D eigenvalue weighted by Crippen LogP contribution is 2.24. The number of hydrogen-bond acceptors (Lipinski definition) is 4. The average Bonchev–Trinajstić information content (AvgIpc) is 2.86. The van der Waals surface area contributed by atoms with E-state index in [0.29, 0.717) is 30.0 Å². The van der Waals surface area contributed by atoms with Crippen LogP contribution in [-0.4, -0.2) is 68.1 Å². The maximum Gasteiger partial charge on any atom is 0.257 e. The van der Waals surface area contributed by atoms with Gasteiger partial charge in [0.2, 0.25) is 0 Å². The third kappa shape index (κ3) is 5.74. The van der Waals surface area contributed by atoms with Gasteiger partial charge in [-0.2, -0.15) is 0 Å². The predicted molar refractivity (Wildman–Crippen MR) is 105 cm³/mol. The first-order valence-corrected chi connectivity index (χ1v) is 8.55. The van der Waals surface area contributed by atoms with Crippen molar-refractivity contribution in [2.24, 2.45) is 0 Å². The summed E-state index contributed by atoms with van der Waals surface area (Å²) in [5, 5.41) is 3.62. The number of amides is 1. The van der Waals surface area contributed by atoms with Gasteiger partial charge in [-0.3, -0.25) is 4.79 Å². The molecule has 2 saturated heterocycles. The zero-order chi connectivity index (χ0) is 16.2. The number of ether oxygens (including phenoxy) is 1. The number of hydrogen-bond donors (Lipinski definition) is 1. The Morgan fingerprint density at radius 1 is 1.20 bits per heavy atom. The molecule has 1 N–H and O–H groups in total. The van der Waals surface area contributed by atoms with E-state index in [1.54, 1.807) is 0 Å². The van der Waals surface area contributed by atoms with Crippen LogP contribution in [0.2, 0.25) is 0 Å². The molecule has 0 radical (unpaired) electrons. The Morgan fingerprint density at radius 3 is 2.68 bits per heavy atom. The second kappa shape index (κ2) is 10.2. The molecule has 5 nitrogen and oxygen atoms in total. The molecule has 0 saturated carbocycles. The van der Waals surface area contributed by atoms with Gasteiger partial charge in [0.1, 0.15) is 12.4 Å². The minimum Gasteiger partial charge on any atom is -0.491 e. The number of likely N-dealkylation sites (tertiary alicyclic amines) is 1. The Hall–Kier alpha value is -1.01. The van der Waals surface area contributed by atoms with E-state index in [2.05, 4.69) is 10.2 Å². The van der Waals surface area contributed by atoms with Crippen molar-refractivity contribution in [2.45, 2.75) is 31.3 Å². The van der Waals surface area contributed by atoms with Crippen LogP contribution in [0.15, 0.2) is 24.3 Å². The molecule has 1 aromatic rings. The van der Waals surface area contributed by atoms with Gasteiger partial charge in [-0.05, 0) is 45.5 Å². The lowest BCUT2D eigenvalue weighted by atomic mass is 10.1. The van der Waals surface area contributed by atoms with Gasteiger partial charge in [-0.1, -0.05) is 12.1 Å². The van der Waals surface area contributed by atoms with Crippen molar-refractivity contribution in [3.63, 3.8) is 0 Å². The monoisotopic (exact) mass is 389 g/mol. The Bertz CT molecular complexity index is 557. The van der Waals surface area contributed by atoms with Crippen LogP contribution in [-0.2, 0) is 0 Å². The van der Waals surface area contributed by atoms with Crippen molar-refractivity contribution in [3.05, 3.63) is 29.8 Å². The second-order valence-corrected chi connectivity index (χ2v) is 6.83. The molecule has 1 aromatic carbocycles. The van der Waals surface area contributed by atoms with Gasteiger partial charge in [-0.15, -0.1) is 24.8 Å². The van der Waals surface area contributed by atoms with E-state index < -0.39 is 0 Å². The number of benzene rings is 1. The van der Waals surface area contributed by atoms with Crippen LogP contribution in [0.4, 0.5) is 0 Å². The molecule has 25 heavy (non-hydrogen) atoms. The quantitative estimate of drug-likeness (QED) is 0.839. The SMILES string of the molecule is CN(C)CCOc1ccccc1C(=O)N1CCC2CCC(C1)N2.Cl.Cl. The molecular formula is C18H29Cl2N3O2. The van der Waals surface area contributed by atoms with E-state index in [1.807, 2.05) is 43.3 Å². The molecule has 1 amide bonds. The van der Waals surface area contributed by atoms with Gasteiger partial charge >= 0.3 is 0 Å². The van der Waals surface area contributed by atoms with Crippen molar-refractivity contribution in [1.82, 2.24) is 15.1 Å². The summed E-state index contributed by atoms with van der Waals surface area (Å²) < 4.78 is 5.85. The zero-order valence-electron chi connectivity index (χ0n) is 14.9. The van der Waals surface area contributed by atoms with Gasteiger partial charge in [0.05, 0.1) is 5.56 Å². The molecule has 2 heterocycles. The summed E-state index contributed by atoms with van der Waals surface area (Å²) in [5.74, 6) is 0.793. The van der Waals surface area contributed by atoms with Crippen molar-refractivity contribution in [2.75, 3.05) is 40.3 Å². The minimum absolute atomic E-state index is 0. The molecule has 0 aliphatic carbocycles. The number of nitrogens with zero attached hydrogens (tertiary/aromatic N) is 2. The highest BCUT2D eigenvalue weighted by atomic mass is 35.5. The summed E-state index contributed by atoms with van der Waals surface area (Å²) in [6.07, 6.45) is 3.47. The Morgan fingerprint density at radius 2 is 1.92 bits per heavy atom. The number of likely N-dealkylation sites (N-methyl/N-ethyl adjacent to an activating group) is 1. The molecule has 2 fully saturated rings. The van der Waals surface area contributed by atoms with E-state index in [9.17, 15) is 4.79 Å². The molecule has 0 spiro atoms. The summed E-state index contributed by atoms with van der Waals surface area (Å²) in [4.78, 5) is 17.0. The first kappa shape index (κ1) is 22.0. The Balaban J connectivity index is 0.00000156. The molecule has 142 valence electrons. The standard InChI is InChI=1S/C18H27N3O2.2ClH/c1-20(2)11-12-23-17-6-4-3-5-16(17)18(22)21-10-9-14-7-8-15(13-21)19-14;;/h3-6,14-15,19H,7-13H2,1-2H3;2*1H. The molecule has 2 aliphatic rings. The van der Waals surface area contributed by atoms with Gasteiger partial charge in [0, 0.05) is 31.7 Å². The summed E-state index contributed by atoms with van der Waals surface area (Å²) in [5.41, 5.74) is 0.684. The minimum atomic E-state index is 0. The predicted octanol–water partition coefficient (Wildman–Crippen LogP) is 2.44. The lowest BCUT2D eigenvalue weighted by molar-refractivity contribution is 0.0743. The molecule has 2 aliphatic heterocycles. The van der Waals surface area contributed by atoms with Crippen molar-refractivity contribution < 1.29 is 9.53 Å². The lowest BCUT2D eigenvalue weighted by Gasteiger charge is -2.25. The summed E-state index contributed by atoms with van der Waals surface area (Å²) in [7, 11) is 4.03. The van der Waals surface area contributed by atoms with Crippen LogP contribution in [0.1, 0.15) is 29.6 Å². The fourth-order valence-electron chi connectivity index (χ4n) is 3.41. The van der Waals surface area contributed by atoms with Crippen LogP contribution >= 0.6 is 24.8 Å². The smallest absolute Gasteiger partial charge is 0.257 e. The third-order valence-corrected chi connectivity index (χ3v) is 4.72. The van der Waals surface area contributed by atoms with Crippen LogP contribution < -0.4 is 10.1 Å². The second-order valence-electron chi connectivity index (χ2n) is 6.83. The van der Waals surface area contributed by atoms with E-state index in [1.165, 1.54) is 12.8 Å². The van der Waals surface area contributed by atoms with Crippen LogP contribution in [0.5, 0.6) is 5.75 Å². The summed E-state index contributed by atoms with van der Waals surface area (Å²) >= 11 is 0. The number of para-hydroxylation sites is 1. The first-order valence-electron chi connectivity index (χ1n) is 8.55. The molecule has 3 rings (SSSR count). The molecule has 0 aromatic heterocycles. The normalized spacial score (nSPS) is 22.0. The highest BCUT2D eigenvalue weighted by molar-refractivity contribution is 5.97. The Labute approximate surface area is 162 Å². The van der Waals surface area contributed by atoms with Crippen LogP contribution in [0.25, 0.3) is 0 Å². The molecule has 2 atom stereocenters. The molecule has 2 unspecified atom stereocenters. The highest BCUT2D eigenvalue weighted by Gasteiger charge is 2.32. The Kier molecular flexibility index (Phi) is 9.00. The lowest BCUT2D eigenvalue weighted by Crippen LogP contribution is -2.39. The van der Waals surface area contributed by atoms with E-state index in [-0.39, 0.29) is 30.7 Å². The van der Waals surface area contributed by atoms with Gasteiger partial charge in [0.15, 0.2) is 0 Å². The average molecular weight is 390 g/mol. The number of carbonyl (C=O) groups excluding carboxylic acids is 1. The van der Waals surface area contributed by atoms with E-state index >= 15 is 0 Å². The van der Waals surface area contributed by atoms with Crippen molar-refractivity contribution in [1.29, 1.82) is 0 Å². The topological polar surface area (TPSA) is 44.8 Å². The van der Waals surface area contributed by atoms with Crippen molar-refractivity contribution >= 4 is 30.7 Å². The maximum absolute atomic E-state index is 13.0. The molecule has 2 bridgehead atoms. The fourth-order valence-corrected chi connectivity index (χ4v) is 3.41. The summed E-state index contributed by atoms with van der Waals surface area (Å²) in [6.45, 7) is 3.06. The maximum atomic E-state index is 13.0. The van der Waals surface area contributed by atoms with Crippen LogP contribution in [0.3, 0.4) is 0 Å². The number of rotatable bonds is 5. The van der Waals surface area contributed by atoms with E-state index in [4.69, 9.17) is 4.74 Å². The number of fused-ring (bicyclic) bond motifs is 2. The molecule has 7 heteroatoms. The number of carbonyl (C=O) groups is 1. The van der Waals surface area contributed by atoms with Gasteiger partial charge < -0.3 is 19.9 Å².